The monoisotopic (exact) mass is 811 g/mol. The fourth-order valence-corrected chi connectivity index (χ4v) is 6.75. The number of carbonyl (C=O) groups is 2. The molecule has 308 valence electrons. The van der Waals surface area contributed by atoms with Crippen LogP contribution >= 0.6 is 0 Å². The number of anilines is 5. The highest BCUT2D eigenvalue weighted by molar-refractivity contribution is 7.92. The number of benzene rings is 4. The number of pyridine rings is 1. The lowest BCUT2D eigenvalue weighted by Crippen LogP contribution is -2.25. The van der Waals surface area contributed by atoms with Crippen molar-refractivity contribution in [2.75, 3.05) is 68.3 Å². The number of sulfonamides is 1. The van der Waals surface area contributed by atoms with Gasteiger partial charge in [0, 0.05) is 41.3 Å². The summed E-state index contributed by atoms with van der Waals surface area (Å²) in [5, 5.41) is 13.5. The Labute approximate surface area is 340 Å². The molecule has 0 bridgehead atoms. The second-order valence-corrected chi connectivity index (χ2v) is 16.9. The highest BCUT2D eigenvalue weighted by Gasteiger charge is 2.23. The number of hydrogen-bond acceptors (Lipinski definition) is 10. The minimum absolute atomic E-state index is 0.171. The normalized spacial score (nSPS) is 11.5. The summed E-state index contributed by atoms with van der Waals surface area (Å²) in [7, 11) is 3.40. The van der Waals surface area contributed by atoms with Crippen LogP contribution in [0.5, 0.6) is 23.0 Å². The summed E-state index contributed by atoms with van der Waals surface area (Å²) in [6.45, 7) is 7.56. The number of unbranched alkanes of at least 4 members (excludes halogenated alkanes) is 2. The molecule has 0 aliphatic heterocycles. The number of nitrogens with zero attached hydrogens (tertiary/aromatic N) is 2. The fraction of sp³-hybridized carbons (Fsp3) is 0.326. The van der Waals surface area contributed by atoms with Crippen LogP contribution in [0.25, 0.3) is 10.8 Å². The van der Waals surface area contributed by atoms with Gasteiger partial charge in [0.15, 0.2) is 5.75 Å². The molecule has 0 aliphatic rings. The molecular formula is C43H53N7O7S. The minimum atomic E-state index is -3.64. The zero-order valence-corrected chi connectivity index (χ0v) is 35.1. The third kappa shape index (κ3) is 11.7. The molecule has 58 heavy (non-hydrogen) atoms. The Morgan fingerprint density at radius 1 is 0.793 bits per heavy atom. The molecule has 5 N–H and O–H groups in total. The van der Waals surface area contributed by atoms with Gasteiger partial charge >= 0.3 is 6.03 Å². The van der Waals surface area contributed by atoms with E-state index >= 15 is 0 Å². The molecule has 0 fully saturated rings. The first-order valence-corrected chi connectivity index (χ1v) is 20.8. The number of carbonyl (C=O) groups excluding carboxylic acids is 2. The number of amides is 3. The van der Waals surface area contributed by atoms with Crippen molar-refractivity contribution >= 4 is 61.3 Å². The van der Waals surface area contributed by atoms with Gasteiger partial charge in [-0.25, -0.2) is 18.2 Å². The molecule has 14 nitrogen and oxygen atoms in total. The molecule has 5 rings (SSSR count). The van der Waals surface area contributed by atoms with Gasteiger partial charge in [0.1, 0.15) is 23.1 Å². The van der Waals surface area contributed by atoms with Crippen molar-refractivity contribution in [2.24, 2.45) is 0 Å². The highest BCUT2D eigenvalue weighted by Crippen LogP contribution is 2.40. The van der Waals surface area contributed by atoms with E-state index in [1.165, 1.54) is 14.2 Å². The summed E-state index contributed by atoms with van der Waals surface area (Å²) in [5.41, 5.74) is 2.56. The van der Waals surface area contributed by atoms with Crippen molar-refractivity contribution < 1.29 is 32.2 Å². The van der Waals surface area contributed by atoms with E-state index in [0.717, 1.165) is 48.4 Å². The van der Waals surface area contributed by atoms with E-state index in [4.69, 9.17) is 14.2 Å². The van der Waals surface area contributed by atoms with Crippen LogP contribution in [0.3, 0.4) is 0 Å². The Balaban J connectivity index is 1.29. The Morgan fingerprint density at radius 3 is 2.21 bits per heavy atom. The van der Waals surface area contributed by atoms with E-state index in [1.54, 1.807) is 60.8 Å². The molecule has 0 aliphatic carbocycles. The van der Waals surface area contributed by atoms with Crippen LogP contribution in [-0.2, 0) is 15.4 Å². The van der Waals surface area contributed by atoms with E-state index < -0.39 is 16.1 Å². The zero-order chi connectivity index (χ0) is 42.0. The van der Waals surface area contributed by atoms with E-state index in [0.29, 0.717) is 52.2 Å². The molecule has 1 aromatic heterocycles. The number of fused-ring (bicyclic) bond motifs is 1. The van der Waals surface area contributed by atoms with Gasteiger partial charge in [-0.15, -0.1) is 0 Å². The summed E-state index contributed by atoms with van der Waals surface area (Å²) in [6.07, 6.45) is 5.69. The van der Waals surface area contributed by atoms with Gasteiger partial charge in [-0.3, -0.25) is 9.52 Å². The van der Waals surface area contributed by atoms with Crippen molar-refractivity contribution in [1.82, 2.24) is 15.2 Å². The Kier molecular flexibility index (Phi) is 14.1. The van der Waals surface area contributed by atoms with Crippen molar-refractivity contribution in [3.05, 3.63) is 96.2 Å². The van der Waals surface area contributed by atoms with Gasteiger partial charge < -0.3 is 40.4 Å². The van der Waals surface area contributed by atoms with Crippen LogP contribution in [0.15, 0.2) is 85.1 Å². The first-order chi connectivity index (χ1) is 27.5. The molecule has 1 heterocycles. The summed E-state index contributed by atoms with van der Waals surface area (Å²) in [6, 6.07) is 22.7. The van der Waals surface area contributed by atoms with Crippen molar-refractivity contribution in [3.8, 4) is 23.0 Å². The molecule has 0 spiro atoms. The second-order valence-electron chi connectivity index (χ2n) is 15.1. The molecule has 0 saturated carbocycles. The van der Waals surface area contributed by atoms with Crippen LogP contribution < -0.4 is 40.2 Å². The van der Waals surface area contributed by atoms with Gasteiger partial charge in [0.25, 0.3) is 5.91 Å². The third-order valence-electron chi connectivity index (χ3n) is 9.08. The number of aromatic nitrogens is 1. The summed E-state index contributed by atoms with van der Waals surface area (Å²) >= 11 is 0. The SMILES string of the molecule is COc1cc(Nc2cc(Oc3ccc(NC(=O)Nc4cc(C(C)(C)C)cc(NS(C)(=O)=O)c4OC)c4ccccc34)ccn2)ccc1C(=O)NCCCCCN(C)C. The van der Waals surface area contributed by atoms with Crippen LogP contribution in [0.1, 0.15) is 56.0 Å². The van der Waals surface area contributed by atoms with Gasteiger partial charge in [-0.1, -0.05) is 51.5 Å². The van der Waals surface area contributed by atoms with E-state index in [1.807, 2.05) is 45.0 Å². The Morgan fingerprint density at radius 2 is 1.52 bits per heavy atom. The molecule has 15 heteroatoms. The molecular weight excluding hydrogens is 759 g/mol. The number of urea groups is 1. The third-order valence-corrected chi connectivity index (χ3v) is 9.67. The average molecular weight is 812 g/mol. The number of hydrogen-bond donors (Lipinski definition) is 5. The second kappa shape index (κ2) is 18.9. The average Bonchev–Trinajstić information content (AvgIpc) is 3.16. The summed E-state index contributed by atoms with van der Waals surface area (Å²) in [5.74, 6) is 1.98. The molecule has 3 amide bonds. The molecule has 0 radical (unpaired) electrons. The Bertz CT molecular complexity index is 2360. The van der Waals surface area contributed by atoms with Crippen molar-refractivity contribution in [2.45, 2.75) is 45.4 Å². The first kappa shape index (κ1) is 43.1. The number of ether oxygens (including phenoxy) is 3. The van der Waals surface area contributed by atoms with Gasteiger partial charge in [0.2, 0.25) is 10.0 Å². The van der Waals surface area contributed by atoms with Crippen LogP contribution in [0, 0.1) is 0 Å². The lowest BCUT2D eigenvalue weighted by molar-refractivity contribution is 0.0949. The summed E-state index contributed by atoms with van der Waals surface area (Å²) < 4.78 is 44.3. The fourth-order valence-electron chi connectivity index (χ4n) is 6.20. The smallest absolute Gasteiger partial charge is 0.323 e. The lowest BCUT2D eigenvalue weighted by Gasteiger charge is -2.24. The van der Waals surface area contributed by atoms with Crippen LogP contribution in [0.4, 0.5) is 33.4 Å². The number of nitrogens with one attached hydrogen (secondary N) is 5. The van der Waals surface area contributed by atoms with E-state index in [-0.39, 0.29) is 22.8 Å². The molecule has 0 atom stereocenters. The quantitative estimate of drug-likeness (QED) is 0.0573. The standard InChI is InChI=1S/C43H53N7O7S/c1-43(2,3)28-24-35(40(56-7)36(25-28)49-58(8,53)54)48-42(52)47-34-18-19-37(32-15-11-10-14-31(32)34)57-30-20-22-44-39(27-30)46-29-16-17-33(38(26-29)55-6)41(51)45-21-12-9-13-23-50(4)5/h10-11,14-20,22,24-27,49H,9,12-13,21,23H2,1-8H3,(H,44,46)(H,45,51)(H2,47,48,52). The van der Waals surface area contributed by atoms with Gasteiger partial charge in [-0.05, 0) is 86.9 Å². The van der Waals surface area contributed by atoms with E-state index in [2.05, 4.69) is 50.0 Å². The zero-order valence-electron chi connectivity index (χ0n) is 34.3. The molecule has 0 saturated heterocycles. The van der Waals surface area contributed by atoms with Crippen molar-refractivity contribution in [1.29, 1.82) is 0 Å². The van der Waals surface area contributed by atoms with Crippen molar-refractivity contribution in [3.63, 3.8) is 0 Å². The number of rotatable bonds is 17. The lowest BCUT2D eigenvalue weighted by atomic mass is 9.86. The summed E-state index contributed by atoms with van der Waals surface area (Å²) in [4.78, 5) is 33.0. The van der Waals surface area contributed by atoms with E-state index in [9.17, 15) is 18.0 Å². The maximum absolute atomic E-state index is 13.5. The molecule has 4 aromatic carbocycles. The predicted molar refractivity (Wildman–Crippen MR) is 232 cm³/mol. The van der Waals surface area contributed by atoms with Crippen LogP contribution in [-0.4, -0.2) is 77.9 Å². The van der Waals surface area contributed by atoms with Gasteiger partial charge in [-0.2, -0.15) is 0 Å². The molecule has 5 aromatic rings. The Hall–Kier alpha value is -6.06. The topological polar surface area (TPSA) is 172 Å². The first-order valence-electron chi connectivity index (χ1n) is 18.9. The molecule has 0 unspecified atom stereocenters. The van der Waals surface area contributed by atoms with Crippen LogP contribution in [0.2, 0.25) is 0 Å². The highest BCUT2D eigenvalue weighted by atomic mass is 32.2. The maximum Gasteiger partial charge on any atom is 0.323 e. The predicted octanol–water partition coefficient (Wildman–Crippen LogP) is 8.56. The number of methoxy groups -OCH3 is 2. The minimum Gasteiger partial charge on any atom is -0.496 e. The largest absolute Gasteiger partial charge is 0.496 e. The van der Waals surface area contributed by atoms with Gasteiger partial charge in [0.05, 0.1) is 43.1 Å². The maximum atomic E-state index is 13.5.